The number of hydrogen-bond acceptors (Lipinski definition) is 3. The van der Waals surface area contributed by atoms with Gasteiger partial charge in [-0.25, -0.2) is 0 Å². The molecule has 3 rings (SSSR count). The Balaban J connectivity index is 1.80. The molecule has 18 heavy (non-hydrogen) atoms. The highest BCUT2D eigenvalue weighted by molar-refractivity contribution is 5.93. The largest absolute Gasteiger partial charge is 0.396 e. The fourth-order valence-corrected chi connectivity index (χ4v) is 2.62. The molecule has 0 bridgehead atoms. The average Bonchev–Trinajstić information content (AvgIpc) is 2.34. The number of rotatable bonds is 3. The third-order valence-corrected chi connectivity index (χ3v) is 3.80. The van der Waals surface area contributed by atoms with Gasteiger partial charge < -0.3 is 15.2 Å². The molecule has 2 aliphatic heterocycles. The Morgan fingerprint density at radius 3 is 2.83 bits per heavy atom. The fourth-order valence-electron chi connectivity index (χ4n) is 2.62. The number of ether oxygens (including phenoxy) is 1. The van der Waals surface area contributed by atoms with E-state index in [4.69, 9.17) is 4.74 Å². The van der Waals surface area contributed by atoms with Crippen LogP contribution in [-0.2, 0) is 22.4 Å². The summed E-state index contributed by atoms with van der Waals surface area (Å²) in [5, 5.41) is 12.3. The summed E-state index contributed by atoms with van der Waals surface area (Å²) < 4.78 is 5.21. The van der Waals surface area contributed by atoms with E-state index in [2.05, 4.69) is 11.4 Å². The molecule has 0 saturated carbocycles. The summed E-state index contributed by atoms with van der Waals surface area (Å²) in [5.74, 6) is 0.0921. The predicted octanol–water partition coefficient (Wildman–Crippen LogP) is 1.12. The molecule has 96 valence electrons. The number of carbonyl (C=O) groups excluding carboxylic acids is 1. The molecule has 1 saturated heterocycles. The molecule has 1 amide bonds. The second kappa shape index (κ2) is 4.37. The zero-order valence-electron chi connectivity index (χ0n) is 10.2. The monoisotopic (exact) mass is 247 g/mol. The van der Waals surface area contributed by atoms with Crippen molar-refractivity contribution < 1.29 is 14.6 Å². The summed E-state index contributed by atoms with van der Waals surface area (Å²) in [4.78, 5) is 11.3. The van der Waals surface area contributed by atoms with Crippen molar-refractivity contribution in [2.75, 3.05) is 25.1 Å². The number of aliphatic hydroxyl groups excluding tert-OH is 1. The lowest BCUT2D eigenvalue weighted by atomic mass is 9.80. The molecule has 0 aromatic heterocycles. The first-order valence-corrected chi connectivity index (χ1v) is 6.31. The van der Waals surface area contributed by atoms with Crippen molar-refractivity contribution in [3.63, 3.8) is 0 Å². The van der Waals surface area contributed by atoms with Crippen LogP contribution in [0.5, 0.6) is 0 Å². The minimum atomic E-state index is -0.0911. The lowest BCUT2D eigenvalue weighted by molar-refractivity contribution is -0.136. The van der Waals surface area contributed by atoms with E-state index in [0.717, 1.165) is 18.5 Å². The fraction of sp³-hybridized carbons (Fsp3) is 0.500. The van der Waals surface area contributed by atoms with Crippen molar-refractivity contribution in [3.8, 4) is 0 Å². The Hall–Kier alpha value is -1.39. The second-order valence-corrected chi connectivity index (χ2v) is 5.37. The highest BCUT2D eigenvalue weighted by Crippen LogP contribution is 2.33. The molecule has 2 N–H and O–H groups in total. The Kier molecular flexibility index (Phi) is 2.84. The lowest BCUT2D eigenvalue weighted by Gasteiger charge is -2.40. The summed E-state index contributed by atoms with van der Waals surface area (Å²) in [7, 11) is 0. The zero-order chi connectivity index (χ0) is 12.6. The van der Waals surface area contributed by atoms with Crippen LogP contribution >= 0.6 is 0 Å². The van der Waals surface area contributed by atoms with Crippen molar-refractivity contribution in [3.05, 3.63) is 29.3 Å². The Morgan fingerprint density at radius 1 is 1.33 bits per heavy atom. The van der Waals surface area contributed by atoms with E-state index in [1.165, 1.54) is 11.1 Å². The molecule has 2 heterocycles. The van der Waals surface area contributed by atoms with Crippen molar-refractivity contribution in [1.82, 2.24) is 0 Å². The van der Waals surface area contributed by atoms with Gasteiger partial charge in [-0.2, -0.15) is 0 Å². The number of aryl methyl sites for hydroxylation is 1. The van der Waals surface area contributed by atoms with Crippen molar-refractivity contribution in [2.45, 2.75) is 19.3 Å². The Morgan fingerprint density at radius 2 is 2.17 bits per heavy atom. The first-order valence-electron chi connectivity index (χ1n) is 6.31. The normalized spacial score (nSPS) is 20.8. The number of amides is 1. The molecule has 0 spiro atoms. The number of hydrogen-bond donors (Lipinski definition) is 2. The quantitative estimate of drug-likeness (QED) is 0.841. The Labute approximate surface area is 106 Å². The highest BCUT2D eigenvalue weighted by Gasteiger charge is 2.38. The third kappa shape index (κ3) is 2.02. The molecule has 1 aromatic rings. The van der Waals surface area contributed by atoms with Gasteiger partial charge in [-0.15, -0.1) is 0 Å². The van der Waals surface area contributed by atoms with Gasteiger partial charge in [0.25, 0.3) is 0 Å². The minimum absolute atomic E-state index is 0.0911. The van der Waals surface area contributed by atoms with Gasteiger partial charge in [0.1, 0.15) is 0 Å². The first kappa shape index (κ1) is 11.7. The van der Waals surface area contributed by atoms with Crippen LogP contribution in [0.2, 0.25) is 0 Å². The number of aliphatic hydroxyl groups is 1. The van der Waals surface area contributed by atoms with Gasteiger partial charge in [0.2, 0.25) is 5.91 Å². The van der Waals surface area contributed by atoms with E-state index in [1.54, 1.807) is 0 Å². The number of benzene rings is 1. The maximum Gasteiger partial charge on any atom is 0.224 e. The Bertz CT molecular complexity index is 474. The van der Waals surface area contributed by atoms with Gasteiger partial charge in [-0.05, 0) is 30.0 Å². The molecule has 1 aromatic carbocycles. The summed E-state index contributed by atoms with van der Waals surface area (Å²) in [6.45, 7) is 1.44. The number of carbonyl (C=O) groups is 1. The maximum atomic E-state index is 11.3. The van der Waals surface area contributed by atoms with E-state index < -0.39 is 0 Å². The summed E-state index contributed by atoms with van der Waals surface area (Å²) in [6.07, 6.45) is 2.20. The minimum Gasteiger partial charge on any atom is -0.396 e. The molecule has 0 aliphatic carbocycles. The van der Waals surface area contributed by atoms with Crippen LogP contribution in [0.3, 0.4) is 0 Å². The molecule has 4 nitrogen and oxygen atoms in total. The van der Waals surface area contributed by atoms with Gasteiger partial charge in [0.05, 0.1) is 19.8 Å². The average molecular weight is 247 g/mol. The van der Waals surface area contributed by atoms with Gasteiger partial charge in [-0.1, -0.05) is 12.1 Å². The van der Waals surface area contributed by atoms with Crippen molar-refractivity contribution in [2.24, 2.45) is 5.41 Å². The van der Waals surface area contributed by atoms with Gasteiger partial charge in [-0.3, -0.25) is 4.79 Å². The molecule has 0 unspecified atom stereocenters. The van der Waals surface area contributed by atoms with E-state index in [0.29, 0.717) is 19.6 Å². The van der Waals surface area contributed by atoms with Crippen molar-refractivity contribution in [1.29, 1.82) is 0 Å². The van der Waals surface area contributed by atoms with Crippen LogP contribution in [0, 0.1) is 5.41 Å². The standard InChI is InChI=1S/C14H17NO3/c16-7-14(8-18-9-14)6-10-1-3-12-11(5-10)2-4-13(17)15-12/h1,3,5,16H,2,4,6-9H2,(H,15,17). The number of anilines is 1. The lowest BCUT2D eigenvalue weighted by Crippen LogP contribution is -2.47. The van der Waals surface area contributed by atoms with Crippen LogP contribution in [-0.4, -0.2) is 30.8 Å². The highest BCUT2D eigenvalue weighted by atomic mass is 16.5. The van der Waals surface area contributed by atoms with Crippen LogP contribution in [0.15, 0.2) is 18.2 Å². The van der Waals surface area contributed by atoms with Crippen LogP contribution < -0.4 is 5.32 Å². The molecule has 4 heteroatoms. The zero-order valence-corrected chi connectivity index (χ0v) is 10.2. The summed E-state index contributed by atoms with van der Waals surface area (Å²) in [5.41, 5.74) is 3.24. The van der Waals surface area contributed by atoms with E-state index in [9.17, 15) is 9.90 Å². The summed E-state index contributed by atoms with van der Waals surface area (Å²) in [6, 6.07) is 6.14. The smallest absolute Gasteiger partial charge is 0.224 e. The topological polar surface area (TPSA) is 58.6 Å². The van der Waals surface area contributed by atoms with E-state index in [-0.39, 0.29) is 17.9 Å². The van der Waals surface area contributed by atoms with Gasteiger partial charge in [0.15, 0.2) is 0 Å². The first-order chi connectivity index (χ1) is 8.71. The SMILES string of the molecule is O=C1CCc2cc(CC3(CO)COC3)ccc2N1. The predicted molar refractivity (Wildman–Crippen MR) is 67.4 cm³/mol. The van der Waals surface area contributed by atoms with Crippen LogP contribution in [0.1, 0.15) is 17.5 Å². The van der Waals surface area contributed by atoms with E-state index in [1.807, 2.05) is 12.1 Å². The molecule has 0 atom stereocenters. The maximum absolute atomic E-state index is 11.3. The molecule has 2 aliphatic rings. The summed E-state index contributed by atoms with van der Waals surface area (Å²) >= 11 is 0. The molecule has 0 radical (unpaired) electrons. The number of fused-ring (bicyclic) bond motifs is 1. The molecular formula is C14H17NO3. The van der Waals surface area contributed by atoms with Gasteiger partial charge in [0, 0.05) is 17.5 Å². The van der Waals surface area contributed by atoms with Crippen LogP contribution in [0.25, 0.3) is 0 Å². The molecular weight excluding hydrogens is 230 g/mol. The van der Waals surface area contributed by atoms with Crippen LogP contribution in [0.4, 0.5) is 5.69 Å². The van der Waals surface area contributed by atoms with Gasteiger partial charge >= 0.3 is 0 Å². The van der Waals surface area contributed by atoms with Crippen molar-refractivity contribution >= 4 is 11.6 Å². The number of nitrogens with one attached hydrogen (secondary N) is 1. The molecule has 1 fully saturated rings. The second-order valence-electron chi connectivity index (χ2n) is 5.37. The third-order valence-electron chi connectivity index (χ3n) is 3.80. The van der Waals surface area contributed by atoms with E-state index >= 15 is 0 Å².